The van der Waals surface area contributed by atoms with Crippen molar-refractivity contribution in [2.24, 2.45) is 0 Å². The first kappa shape index (κ1) is 14.8. The van der Waals surface area contributed by atoms with Crippen LogP contribution in [0.4, 0.5) is 10.5 Å². The predicted molar refractivity (Wildman–Crippen MR) is 71.1 cm³/mol. The Morgan fingerprint density at radius 2 is 2.00 bits per heavy atom. The summed E-state index contributed by atoms with van der Waals surface area (Å²) in [7, 11) is -1.70. The molecule has 1 rings (SSSR count). The first-order chi connectivity index (χ1) is 8.19. The highest BCUT2D eigenvalue weighted by atomic mass is 35.5. The van der Waals surface area contributed by atoms with Crippen molar-refractivity contribution in [3.8, 4) is 0 Å². The van der Waals surface area contributed by atoms with Gasteiger partial charge in [0, 0.05) is 16.2 Å². The Balaban J connectivity index is 2.80. The van der Waals surface area contributed by atoms with Crippen LogP contribution >= 0.6 is 11.6 Å². The van der Waals surface area contributed by atoms with E-state index >= 15 is 0 Å². The Morgan fingerprint density at radius 3 is 2.50 bits per heavy atom. The molecule has 0 aliphatic carbocycles. The minimum atomic E-state index is -1.70. The normalized spacial score (nSPS) is 11.0. The first-order valence-corrected chi connectivity index (χ1v) is 5.72. The number of carbonyl (C=O) groups is 1. The van der Waals surface area contributed by atoms with E-state index in [1.54, 1.807) is 20.8 Å². The molecule has 3 N–H and O–H groups in total. The van der Waals surface area contributed by atoms with Crippen LogP contribution in [0.1, 0.15) is 20.8 Å². The van der Waals surface area contributed by atoms with Crippen molar-refractivity contribution in [2.75, 3.05) is 5.32 Å². The number of anilines is 1. The third-order valence-corrected chi connectivity index (χ3v) is 2.26. The van der Waals surface area contributed by atoms with Gasteiger partial charge in [0.1, 0.15) is 5.60 Å². The van der Waals surface area contributed by atoms with Crippen LogP contribution in [-0.2, 0) is 4.74 Å². The maximum absolute atomic E-state index is 11.5. The lowest BCUT2D eigenvalue weighted by Crippen LogP contribution is -2.32. The van der Waals surface area contributed by atoms with Gasteiger partial charge in [0.15, 0.2) is 0 Å². The van der Waals surface area contributed by atoms with Crippen LogP contribution in [0, 0.1) is 0 Å². The molecule has 18 heavy (non-hydrogen) atoms. The number of rotatable bonds is 2. The number of benzene rings is 1. The second kappa shape index (κ2) is 5.60. The van der Waals surface area contributed by atoms with Crippen molar-refractivity contribution in [1.82, 2.24) is 0 Å². The molecule has 0 aromatic heterocycles. The minimum Gasteiger partial charge on any atom is -0.444 e. The molecule has 0 spiro atoms. The summed E-state index contributed by atoms with van der Waals surface area (Å²) in [5.74, 6) is 0. The van der Waals surface area contributed by atoms with Crippen molar-refractivity contribution in [3.63, 3.8) is 0 Å². The predicted octanol–water partition coefficient (Wildman–Crippen LogP) is 1.37. The van der Waals surface area contributed by atoms with E-state index in [2.05, 4.69) is 5.32 Å². The molecule has 1 aromatic rings. The van der Waals surface area contributed by atoms with Crippen molar-refractivity contribution < 1.29 is 19.6 Å². The van der Waals surface area contributed by atoms with Crippen LogP contribution in [-0.4, -0.2) is 28.9 Å². The van der Waals surface area contributed by atoms with E-state index in [9.17, 15) is 4.79 Å². The number of halogens is 1. The van der Waals surface area contributed by atoms with Gasteiger partial charge in [-0.3, -0.25) is 5.32 Å². The molecular formula is C11H15BClNO4. The molecule has 0 radical (unpaired) electrons. The second-order valence-electron chi connectivity index (χ2n) is 4.74. The summed E-state index contributed by atoms with van der Waals surface area (Å²) in [6.45, 7) is 5.24. The Morgan fingerprint density at radius 1 is 1.39 bits per heavy atom. The molecule has 0 bridgehead atoms. The third kappa shape index (κ3) is 4.56. The fourth-order valence-electron chi connectivity index (χ4n) is 1.24. The molecular weight excluding hydrogens is 256 g/mol. The molecule has 0 aliphatic heterocycles. The van der Waals surface area contributed by atoms with Gasteiger partial charge >= 0.3 is 13.2 Å². The summed E-state index contributed by atoms with van der Waals surface area (Å²) in [4.78, 5) is 11.5. The summed E-state index contributed by atoms with van der Waals surface area (Å²) in [6.07, 6.45) is -0.622. The maximum Gasteiger partial charge on any atom is 0.490 e. The fraction of sp³-hybridized carbons (Fsp3) is 0.364. The van der Waals surface area contributed by atoms with Gasteiger partial charge in [0.25, 0.3) is 0 Å². The summed E-state index contributed by atoms with van der Waals surface area (Å²) in [5.41, 5.74) is -0.113. The number of ether oxygens (including phenoxy) is 1. The molecule has 0 saturated heterocycles. The Hall–Kier alpha value is -1.24. The third-order valence-electron chi connectivity index (χ3n) is 1.92. The van der Waals surface area contributed by atoms with E-state index in [0.717, 1.165) is 0 Å². The Labute approximate surface area is 111 Å². The standard InChI is InChI=1S/C11H15BClNO4/c1-11(2,3)18-10(15)14-7-4-5-9(13)8(6-7)12(16)17/h4-6,16-17H,1-3H3,(H,14,15). The van der Waals surface area contributed by atoms with Gasteiger partial charge in [-0.25, -0.2) is 4.79 Å². The molecule has 98 valence electrons. The molecule has 0 atom stereocenters. The zero-order valence-electron chi connectivity index (χ0n) is 10.4. The molecule has 1 amide bonds. The number of carbonyl (C=O) groups excluding carboxylic acids is 1. The number of amides is 1. The quantitative estimate of drug-likeness (QED) is 0.710. The van der Waals surface area contributed by atoms with E-state index in [1.165, 1.54) is 18.2 Å². The Kier molecular flexibility index (Phi) is 4.62. The molecule has 1 aromatic carbocycles. The van der Waals surface area contributed by atoms with Gasteiger partial charge in [-0.1, -0.05) is 11.6 Å². The van der Waals surface area contributed by atoms with Gasteiger partial charge in [-0.2, -0.15) is 0 Å². The van der Waals surface area contributed by atoms with Crippen LogP contribution in [0.25, 0.3) is 0 Å². The smallest absolute Gasteiger partial charge is 0.444 e. The van der Waals surface area contributed by atoms with Crippen LogP contribution in [0.5, 0.6) is 0 Å². The second-order valence-corrected chi connectivity index (χ2v) is 5.14. The number of hydrogen-bond acceptors (Lipinski definition) is 4. The van der Waals surface area contributed by atoms with Gasteiger partial charge in [0.05, 0.1) is 0 Å². The van der Waals surface area contributed by atoms with Gasteiger partial charge < -0.3 is 14.8 Å². The van der Waals surface area contributed by atoms with Gasteiger partial charge in [0.2, 0.25) is 0 Å². The average molecular weight is 272 g/mol. The van der Waals surface area contributed by atoms with Crippen LogP contribution < -0.4 is 10.8 Å². The molecule has 0 fully saturated rings. The SMILES string of the molecule is CC(C)(C)OC(=O)Nc1ccc(Cl)c(B(O)O)c1. The van der Waals surface area contributed by atoms with Gasteiger partial charge in [-0.15, -0.1) is 0 Å². The first-order valence-electron chi connectivity index (χ1n) is 5.34. The highest BCUT2D eigenvalue weighted by Crippen LogP contribution is 2.14. The topological polar surface area (TPSA) is 78.8 Å². The molecule has 0 unspecified atom stereocenters. The van der Waals surface area contributed by atoms with E-state index in [0.29, 0.717) is 5.69 Å². The monoisotopic (exact) mass is 271 g/mol. The molecule has 0 heterocycles. The van der Waals surface area contributed by atoms with Crippen molar-refractivity contribution in [2.45, 2.75) is 26.4 Å². The largest absolute Gasteiger partial charge is 0.490 e. The van der Waals surface area contributed by atoms with Crippen LogP contribution in [0.3, 0.4) is 0 Å². The Bertz CT molecular complexity index is 445. The highest BCUT2D eigenvalue weighted by Gasteiger charge is 2.18. The minimum absolute atomic E-state index is 0.116. The maximum atomic E-state index is 11.5. The molecule has 5 nitrogen and oxygen atoms in total. The van der Waals surface area contributed by atoms with E-state index in [1.807, 2.05) is 0 Å². The van der Waals surface area contributed by atoms with E-state index < -0.39 is 18.8 Å². The lowest BCUT2D eigenvalue weighted by atomic mass is 9.80. The average Bonchev–Trinajstić information content (AvgIpc) is 2.17. The lowest BCUT2D eigenvalue weighted by molar-refractivity contribution is 0.0636. The van der Waals surface area contributed by atoms with Gasteiger partial charge in [-0.05, 0) is 39.0 Å². The zero-order chi connectivity index (χ0) is 13.9. The van der Waals surface area contributed by atoms with Crippen LogP contribution in [0.2, 0.25) is 5.02 Å². The molecule has 7 heteroatoms. The van der Waals surface area contributed by atoms with E-state index in [4.69, 9.17) is 26.4 Å². The molecule has 0 saturated carbocycles. The highest BCUT2D eigenvalue weighted by molar-refractivity contribution is 6.62. The summed E-state index contributed by atoms with van der Waals surface area (Å²) >= 11 is 5.77. The van der Waals surface area contributed by atoms with Crippen molar-refractivity contribution in [3.05, 3.63) is 23.2 Å². The van der Waals surface area contributed by atoms with Crippen molar-refractivity contribution >= 4 is 36.0 Å². The zero-order valence-corrected chi connectivity index (χ0v) is 11.2. The summed E-state index contributed by atoms with van der Waals surface area (Å²) < 4.78 is 5.06. The van der Waals surface area contributed by atoms with Crippen molar-refractivity contribution in [1.29, 1.82) is 0 Å². The number of hydrogen-bond donors (Lipinski definition) is 3. The number of nitrogens with one attached hydrogen (secondary N) is 1. The molecule has 0 aliphatic rings. The summed E-state index contributed by atoms with van der Waals surface area (Å²) in [5, 5.41) is 20.8. The lowest BCUT2D eigenvalue weighted by Gasteiger charge is -2.19. The van der Waals surface area contributed by atoms with Crippen LogP contribution in [0.15, 0.2) is 18.2 Å². The summed E-state index contributed by atoms with van der Waals surface area (Å²) in [6, 6.07) is 4.37. The fourth-order valence-corrected chi connectivity index (χ4v) is 1.46. The van der Waals surface area contributed by atoms with E-state index in [-0.39, 0.29) is 10.5 Å².